The molecule has 0 saturated carbocycles. The third-order valence-corrected chi connectivity index (χ3v) is 4.52. The Kier molecular flexibility index (Phi) is 5.43. The highest BCUT2D eigenvalue weighted by Gasteiger charge is 2.27. The normalized spacial score (nSPS) is 16.2. The van der Waals surface area contributed by atoms with Gasteiger partial charge in [-0.2, -0.15) is 0 Å². The van der Waals surface area contributed by atoms with Crippen molar-refractivity contribution < 1.29 is 9.59 Å². The molecule has 0 spiro atoms. The number of hydrogen-bond acceptors (Lipinski definition) is 3. The second kappa shape index (κ2) is 7.92. The molecule has 25 heavy (non-hydrogen) atoms. The Morgan fingerprint density at radius 3 is 2.76 bits per heavy atom. The van der Waals surface area contributed by atoms with E-state index >= 15 is 0 Å². The number of pyridine rings is 1. The van der Waals surface area contributed by atoms with E-state index in [4.69, 9.17) is 0 Å². The number of anilines is 1. The lowest BCUT2D eigenvalue weighted by molar-refractivity contribution is -0.122. The van der Waals surface area contributed by atoms with Crippen molar-refractivity contribution in [3.05, 3.63) is 59.9 Å². The summed E-state index contributed by atoms with van der Waals surface area (Å²) in [5.74, 6) is 0.0830. The van der Waals surface area contributed by atoms with Crippen molar-refractivity contribution >= 4 is 17.5 Å². The molecule has 0 fully saturated rings. The fourth-order valence-corrected chi connectivity index (χ4v) is 3.28. The minimum absolute atomic E-state index is 0.0332. The van der Waals surface area contributed by atoms with E-state index in [-0.39, 0.29) is 17.9 Å². The van der Waals surface area contributed by atoms with Gasteiger partial charge in [0.1, 0.15) is 0 Å². The zero-order chi connectivity index (χ0) is 17.6. The third-order valence-electron chi connectivity index (χ3n) is 4.52. The van der Waals surface area contributed by atoms with E-state index in [1.54, 1.807) is 18.0 Å². The highest BCUT2D eigenvalue weighted by atomic mass is 16.2. The fourth-order valence-electron chi connectivity index (χ4n) is 3.28. The topological polar surface area (TPSA) is 62.3 Å². The summed E-state index contributed by atoms with van der Waals surface area (Å²) in [5, 5.41) is 3.12. The van der Waals surface area contributed by atoms with E-state index in [0.717, 1.165) is 36.2 Å². The van der Waals surface area contributed by atoms with Gasteiger partial charge in [0.05, 0.1) is 6.04 Å². The Labute approximate surface area is 148 Å². The zero-order valence-electron chi connectivity index (χ0n) is 14.4. The number of aromatic nitrogens is 1. The molecular formula is C20H23N3O2. The summed E-state index contributed by atoms with van der Waals surface area (Å²) in [7, 11) is 0. The number of hydrogen-bond donors (Lipinski definition) is 1. The predicted octanol–water partition coefficient (Wildman–Crippen LogP) is 3.02. The Morgan fingerprint density at radius 1 is 1.20 bits per heavy atom. The second-order valence-corrected chi connectivity index (χ2v) is 6.31. The first-order valence-electron chi connectivity index (χ1n) is 8.71. The largest absolute Gasteiger partial charge is 0.349 e. The molecule has 0 radical (unpaired) electrons. The van der Waals surface area contributed by atoms with Gasteiger partial charge in [-0.15, -0.1) is 0 Å². The van der Waals surface area contributed by atoms with Gasteiger partial charge in [-0.05, 0) is 43.0 Å². The Morgan fingerprint density at radius 2 is 2.00 bits per heavy atom. The van der Waals surface area contributed by atoms with Crippen molar-refractivity contribution in [3.8, 4) is 0 Å². The molecule has 1 aromatic carbocycles. The predicted molar refractivity (Wildman–Crippen MR) is 97.1 cm³/mol. The van der Waals surface area contributed by atoms with Crippen molar-refractivity contribution in [1.29, 1.82) is 0 Å². The minimum atomic E-state index is -0.0332. The number of aryl methyl sites for hydroxylation is 1. The molecule has 1 aromatic heterocycles. The molecule has 1 unspecified atom stereocenters. The van der Waals surface area contributed by atoms with Gasteiger partial charge in [-0.3, -0.25) is 14.6 Å². The first-order chi connectivity index (χ1) is 12.1. The third kappa shape index (κ3) is 4.24. The molecule has 1 aliphatic heterocycles. The van der Waals surface area contributed by atoms with E-state index in [0.29, 0.717) is 13.0 Å². The van der Waals surface area contributed by atoms with Crippen molar-refractivity contribution in [2.45, 2.75) is 38.6 Å². The number of para-hydroxylation sites is 1. The van der Waals surface area contributed by atoms with Crippen LogP contribution in [0.25, 0.3) is 0 Å². The summed E-state index contributed by atoms with van der Waals surface area (Å²) < 4.78 is 0. The van der Waals surface area contributed by atoms with Crippen LogP contribution in [0.4, 0.5) is 5.69 Å². The van der Waals surface area contributed by atoms with Crippen LogP contribution in [0.5, 0.6) is 0 Å². The molecule has 1 atom stereocenters. The van der Waals surface area contributed by atoms with Gasteiger partial charge in [0.25, 0.3) is 0 Å². The highest BCUT2D eigenvalue weighted by Crippen LogP contribution is 2.33. The van der Waals surface area contributed by atoms with Crippen LogP contribution in [0, 0.1) is 0 Å². The van der Waals surface area contributed by atoms with Gasteiger partial charge in [0.2, 0.25) is 11.8 Å². The van der Waals surface area contributed by atoms with Gasteiger partial charge >= 0.3 is 0 Å². The van der Waals surface area contributed by atoms with Crippen molar-refractivity contribution in [1.82, 2.24) is 10.3 Å². The zero-order valence-corrected chi connectivity index (χ0v) is 14.4. The Hall–Kier alpha value is -2.69. The molecule has 3 rings (SSSR count). The number of nitrogens with zero attached hydrogens (tertiary/aromatic N) is 2. The summed E-state index contributed by atoms with van der Waals surface area (Å²) in [6, 6.07) is 13.6. The minimum Gasteiger partial charge on any atom is -0.349 e. The number of carbonyl (C=O) groups excluding carboxylic acids is 2. The maximum absolute atomic E-state index is 12.3. The molecule has 2 amide bonds. The summed E-state index contributed by atoms with van der Waals surface area (Å²) in [6.45, 7) is 2.21. The first-order valence-corrected chi connectivity index (χ1v) is 8.71. The molecule has 1 aliphatic rings. The molecule has 0 bridgehead atoms. The smallest absolute Gasteiger partial charge is 0.223 e. The van der Waals surface area contributed by atoms with E-state index in [1.165, 1.54) is 0 Å². The summed E-state index contributed by atoms with van der Waals surface area (Å²) in [4.78, 5) is 30.2. The SMILES string of the molecule is CC(=O)N1CCC(NC(=O)CCCc2ccccn2)c2ccccc21. The maximum atomic E-state index is 12.3. The number of fused-ring (bicyclic) bond motifs is 1. The quantitative estimate of drug-likeness (QED) is 0.912. The van der Waals surface area contributed by atoms with Crippen LogP contribution in [0.1, 0.15) is 43.5 Å². The van der Waals surface area contributed by atoms with Crippen molar-refractivity contribution in [3.63, 3.8) is 0 Å². The van der Waals surface area contributed by atoms with Crippen LogP contribution in [0.3, 0.4) is 0 Å². The van der Waals surface area contributed by atoms with Gasteiger partial charge in [0.15, 0.2) is 0 Å². The number of nitrogens with one attached hydrogen (secondary N) is 1. The van der Waals surface area contributed by atoms with Crippen LogP contribution < -0.4 is 10.2 Å². The van der Waals surface area contributed by atoms with Crippen LogP contribution in [-0.4, -0.2) is 23.3 Å². The molecule has 5 heteroatoms. The maximum Gasteiger partial charge on any atom is 0.223 e. The number of carbonyl (C=O) groups is 2. The highest BCUT2D eigenvalue weighted by molar-refractivity contribution is 5.93. The molecular weight excluding hydrogens is 314 g/mol. The lowest BCUT2D eigenvalue weighted by atomic mass is 9.96. The molecule has 2 heterocycles. The number of amides is 2. The van der Waals surface area contributed by atoms with E-state index in [1.807, 2.05) is 42.5 Å². The second-order valence-electron chi connectivity index (χ2n) is 6.31. The van der Waals surface area contributed by atoms with E-state index < -0.39 is 0 Å². The average Bonchev–Trinajstić information content (AvgIpc) is 2.62. The Bertz CT molecular complexity index is 746. The monoisotopic (exact) mass is 337 g/mol. The number of benzene rings is 1. The standard InChI is InChI=1S/C20H23N3O2/c1-15(24)23-14-12-18(17-9-2-3-10-19(17)23)22-20(25)11-6-8-16-7-4-5-13-21-16/h2-5,7,9-10,13,18H,6,8,11-12,14H2,1H3,(H,22,25). The van der Waals surface area contributed by atoms with Crippen LogP contribution in [0.15, 0.2) is 48.7 Å². The molecule has 5 nitrogen and oxygen atoms in total. The lowest BCUT2D eigenvalue weighted by Crippen LogP contribution is -2.40. The van der Waals surface area contributed by atoms with Gasteiger partial charge in [-0.1, -0.05) is 24.3 Å². The van der Waals surface area contributed by atoms with Crippen LogP contribution in [0.2, 0.25) is 0 Å². The lowest BCUT2D eigenvalue weighted by Gasteiger charge is -2.34. The summed E-state index contributed by atoms with van der Waals surface area (Å²) in [5.41, 5.74) is 2.93. The molecule has 0 aliphatic carbocycles. The van der Waals surface area contributed by atoms with Crippen LogP contribution in [-0.2, 0) is 16.0 Å². The van der Waals surface area contributed by atoms with E-state index in [2.05, 4.69) is 10.3 Å². The first kappa shape index (κ1) is 17.1. The van der Waals surface area contributed by atoms with Crippen LogP contribution >= 0.6 is 0 Å². The average molecular weight is 337 g/mol. The summed E-state index contributed by atoms with van der Waals surface area (Å²) >= 11 is 0. The van der Waals surface area contributed by atoms with Gasteiger partial charge < -0.3 is 10.2 Å². The number of rotatable bonds is 5. The fraction of sp³-hybridized carbons (Fsp3) is 0.350. The van der Waals surface area contributed by atoms with Gasteiger partial charge in [0, 0.05) is 37.5 Å². The molecule has 1 N–H and O–H groups in total. The van der Waals surface area contributed by atoms with Crippen molar-refractivity contribution in [2.75, 3.05) is 11.4 Å². The molecule has 130 valence electrons. The Balaban J connectivity index is 1.58. The molecule has 0 saturated heterocycles. The van der Waals surface area contributed by atoms with Gasteiger partial charge in [-0.25, -0.2) is 0 Å². The van der Waals surface area contributed by atoms with Crippen molar-refractivity contribution in [2.24, 2.45) is 0 Å². The molecule has 2 aromatic rings. The summed E-state index contributed by atoms with van der Waals surface area (Å²) in [6.07, 6.45) is 4.56. The van der Waals surface area contributed by atoms with E-state index in [9.17, 15) is 9.59 Å².